The van der Waals surface area contributed by atoms with Crippen molar-refractivity contribution in [2.75, 3.05) is 24.5 Å². The first-order valence-electron chi connectivity index (χ1n) is 9.60. The minimum absolute atomic E-state index is 0.00650. The molecule has 4 rings (SSSR count). The van der Waals surface area contributed by atoms with Crippen LogP contribution in [0.3, 0.4) is 0 Å². The number of para-hydroxylation sites is 1. The molecule has 0 bridgehead atoms. The molecule has 2 heterocycles. The number of nitrogens with one attached hydrogen (secondary N) is 1. The number of rotatable bonds is 3. The molecule has 0 amide bonds. The molecule has 2 aromatic carbocycles. The van der Waals surface area contributed by atoms with Gasteiger partial charge in [0.2, 0.25) is 0 Å². The highest BCUT2D eigenvalue weighted by Crippen LogP contribution is 2.36. The van der Waals surface area contributed by atoms with E-state index in [4.69, 9.17) is 0 Å². The number of aryl methyl sites for hydroxylation is 2. The molecule has 1 aromatic heterocycles. The molecule has 1 atom stereocenters. The van der Waals surface area contributed by atoms with E-state index < -0.39 is 11.7 Å². The Balaban J connectivity index is 1.67. The Kier molecular flexibility index (Phi) is 5.08. The first-order chi connectivity index (χ1) is 13.8. The predicted molar refractivity (Wildman–Crippen MR) is 108 cm³/mol. The molecule has 4 nitrogen and oxygen atoms in total. The fourth-order valence-electron chi connectivity index (χ4n) is 3.93. The van der Waals surface area contributed by atoms with Gasteiger partial charge >= 0.3 is 6.18 Å². The lowest BCUT2D eigenvalue weighted by molar-refractivity contribution is -0.137. The van der Waals surface area contributed by atoms with Gasteiger partial charge in [-0.1, -0.05) is 30.3 Å². The highest BCUT2D eigenvalue weighted by Gasteiger charge is 2.31. The van der Waals surface area contributed by atoms with Crippen LogP contribution >= 0.6 is 0 Å². The summed E-state index contributed by atoms with van der Waals surface area (Å²) in [5.41, 5.74) is 3.70. The fourth-order valence-corrected chi connectivity index (χ4v) is 3.93. The number of halogens is 3. The average Bonchev–Trinajstić information content (AvgIpc) is 3.05. The van der Waals surface area contributed by atoms with Crippen molar-refractivity contribution in [3.05, 3.63) is 71.5 Å². The summed E-state index contributed by atoms with van der Waals surface area (Å²) in [5, 5.41) is 8.07. The number of hydrogen-bond donors (Lipinski definition) is 1. The summed E-state index contributed by atoms with van der Waals surface area (Å²) in [5.74, 6) is 0. The Morgan fingerprint density at radius 3 is 2.55 bits per heavy atom. The van der Waals surface area contributed by atoms with E-state index in [0.717, 1.165) is 41.8 Å². The average molecular weight is 400 g/mol. The van der Waals surface area contributed by atoms with Crippen LogP contribution in [0.25, 0.3) is 11.1 Å². The van der Waals surface area contributed by atoms with E-state index in [9.17, 15) is 13.2 Å². The van der Waals surface area contributed by atoms with Crippen molar-refractivity contribution in [1.29, 1.82) is 0 Å². The summed E-state index contributed by atoms with van der Waals surface area (Å²) >= 11 is 0. The highest BCUT2D eigenvalue weighted by atomic mass is 19.4. The van der Waals surface area contributed by atoms with Gasteiger partial charge in [-0.2, -0.15) is 18.3 Å². The first kappa shape index (κ1) is 19.5. The zero-order chi connectivity index (χ0) is 20.6. The van der Waals surface area contributed by atoms with Crippen LogP contribution in [0.15, 0.2) is 54.6 Å². The molecule has 1 saturated heterocycles. The molecule has 0 spiro atoms. The van der Waals surface area contributed by atoms with Crippen molar-refractivity contribution in [2.45, 2.75) is 26.2 Å². The number of hydrogen-bond acceptors (Lipinski definition) is 3. The van der Waals surface area contributed by atoms with E-state index in [2.05, 4.69) is 15.3 Å². The summed E-state index contributed by atoms with van der Waals surface area (Å²) in [4.78, 5) is 2.22. The molecule has 1 aliphatic heterocycles. The number of benzene rings is 2. The van der Waals surface area contributed by atoms with Crippen LogP contribution in [-0.4, -0.2) is 29.4 Å². The molecular formula is C22H23F3N4. The largest absolute Gasteiger partial charge is 0.416 e. The zero-order valence-corrected chi connectivity index (χ0v) is 16.4. The van der Waals surface area contributed by atoms with E-state index in [1.165, 1.54) is 12.1 Å². The standard InChI is InChI=1S/C22H23F3N4/c1-15-12-16(2)29(27-15)21-14-28(11-10-26-21)20-9-4-3-8-19(20)17-6-5-7-18(13-17)22(23,24)25/h3-9,12-13,21,26H,10-11,14H2,1-2H3. The minimum Gasteiger partial charge on any atom is -0.366 e. The molecular weight excluding hydrogens is 377 g/mol. The van der Waals surface area contributed by atoms with Gasteiger partial charge in [-0.25, -0.2) is 0 Å². The predicted octanol–water partition coefficient (Wildman–Crippen LogP) is 4.79. The Bertz CT molecular complexity index is 1010. The van der Waals surface area contributed by atoms with Crippen molar-refractivity contribution in [3.8, 4) is 11.1 Å². The molecule has 1 aliphatic rings. The highest BCUT2D eigenvalue weighted by molar-refractivity contribution is 5.79. The Morgan fingerprint density at radius 1 is 1.03 bits per heavy atom. The molecule has 1 unspecified atom stereocenters. The van der Waals surface area contributed by atoms with Crippen LogP contribution < -0.4 is 10.2 Å². The molecule has 3 aromatic rings. The van der Waals surface area contributed by atoms with Crippen LogP contribution in [0.4, 0.5) is 18.9 Å². The third-order valence-electron chi connectivity index (χ3n) is 5.24. The zero-order valence-electron chi connectivity index (χ0n) is 16.4. The molecule has 1 N–H and O–H groups in total. The topological polar surface area (TPSA) is 33.1 Å². The normalized spacial score (nSPS) is 17.6. The fraction of sp³-hybridized carbons (Fsp3) is 0.318. The van der Waals surface area contributed by atoms with Gasteiger partial charge in [0.15, 0.2) is 0 Å². The monoisotopic (exact) mass is 400 g/mol. The van der Waals surface area contributed by atoms with Crippen LogP contribution in [-0.2, 0) is 6.18 Å². The molecule has 29 heavy (non-hydrogen) atoms. The van der Waals surface area contributed by atoms with Gasteiger partial charge in [-0.15, -0.1) is 0 Å². The van der Waals surface area contributed by atoms with Gasteiger partial charge in [0, 0.05) is 30.0 Å². The van der Waals surface area contributed by atoms with Crippen LogP contribution in [0.5, 0.6) is 0 Å². The molecule has 7 heteroatoms. The third-order valence-corrected chi connectivity index (χ3v) is 5.24. The maximum Gasteiger partial charge on any atom is 0.416 e. The minimum atomic E-state index is -4.36. The van der Waals surface area contributed by atoms with E-state index in [0.29, 0.717) is 12.1 Å². The summed E-state index contributed by atoms with van der Waals surface area (Å²) in [7, 11) is 0. The van der Waals surface area contributed by atoms with Gasteiger partial charge in [0.1, 0.15) is 6.17 Å². The number of piperazine rings is 1. The van der Waals surface area contributed by atoms with E-state index in [-0.39, 0.29) is 6.17 Å². The number of anilines is 1. The van der Waals surface area contributed by atoms with Gasteiger partial charge in [-0.05, 0) is 43.7 Å². The molecule has 1 fully saturated rings. The second kappa shape index (κ2) is 7.55. The Hall–Kier alpha value is -2.80. The Labute approximate surface area is 168 Å². The molecule has 0 radical (unpaired) electrons. The molecule has 152 valence electrons. The van der Waals surface area contributed by atoms with Crippen molar-refractivity contribution in [1.82, 2.24) is 15.1 Å². The van der Waals surface area contributed by atoms with E-state index >= 15 is 0 Å². The van der Waals surface area contributed by atoms with Crippen LogP contribution in [0.2, 0.25) is 0 Å². The van der Waals surface area contributed by atoms with Gasteiger partial charge in [-0.3, -0.25) is 10.00 Å². The van der Waals surface area contributed by atoms with Gasteiger partial charge in [0.25, 0.3) is 0 Å². The van der Waals surface area contributed by atoms with Crippen LogP contribution in [0, 0.1) is 13.8 Å². The smallest absolute Gasteiger partial charge is 0.366 e. The second-order valence-electron chi connectivity index (χ2n) is 7.38. The van der Waals surface area contributed by atoms with Crippen molar-refractivity contribution in [2.24, 2.45) is 0 Å². The maximum absolute atomic E-state index is 13.2. The molecule has 0 aliphatic carbocycles. The number of aromatic nitrogens is 2. The second-order valence-corrected chi connectivity index (χ2v) is 7.38. The number of nitrogens with zero attached hydrogens (tertiary/aromatic N) is 3. The summed E-state index contributed by atoms with van der Waals surface area (Å²) < 4.78 is 41.5. The SMILES string of the molecule is Cc1cc(C)n(C2CN(c3ccccc3-c3cccc(C(F)(F)F)c3)CCN2)n1. The van der Waals surface area contributed by atoms with Gasteiger partial charge < -0.3 is 4.90 Å². The van der Waals surface area contributed by atoms with Crippen molar-refractivity contribution >= 4 is 5.69 Å². The lowest BCUT2D eigenvalue weighted by Gasteiger charge is -2.36. The van der Waals surface area contributed by atoms with Crippen molar-refractivity contribution < 1.29 is 13.2 Å². The quantitative estimate of drug-likeness (QED) is 0.686. The molecule has 0 saturated carbocycles. The van der Waals surface area contributed by atoms with E-state index in [1.54, 1.807) is 6.07 Å². The number of alkyl halides is 3. The van der Waals surface area contributed by atoms with Gasteiger partial charge in [0.05, 0.1) is 17.8 Å². The van der Waals surface area contributed by atoms with Crippen molar-refractivity contribution in [3.63, 3.8) is 0 Å². The maximum atomic E-state index is 13.2. The lowest BCUT2D eigenvalue weighted by Crippen LogP contribution is -2.48. The van der Waals surface area contributed by atoms with Crippen LogP contribution in [0.1, 0.15) is 23.1 Å². The lowest BCUT2D eigenvalue weighted by atomic mass is 10.00. The first-order valence-corrected chi connectivity index (χ1v) is 9.60. The summed E-state index contributed by atoms with van der Waals surface area (Å²) in [6, 6.07) is 15.2. The third kappa shape index (κ3) is 4.00. The Morgan fingerprint density at radius 2 is 1.83 bits per heavy atom. The summed E-state index contributed by atoms with van der Waals surface area (Å²) in [6.07, 6.45) is -4.35. The van der Waals surface area contributed by atoms with E-state index in [1.807, 2.05) is 48.9 Å². The summed E-state index contributed by atoms with van der Waals surface area (Å²) in [6.45, 7) is 6.20.